The van der Waals surface area contributed by atoms with Gasteiger partial charge in [0.2, 0.25) is 0 Å². The molecule has 2 nitrogen and oxygen atoms in total. The van der Waals surface area contributed by atoms with Crippen LogP contribution in [-0.2, 0) is 0 Å². The van der Waals surface area contributed by atoms with Gasteiger partial charge in [-0.05, 0) is 30.7 Å². The van der Waals surface area contributed by atoms with Crippen molar-refractivity contribution in [3.8, 4) is 5.75 Å². The van der Waals surface area contributed by atoms with E-state index >= 15 is 0 Å². The van der Waals surface area contributed by atoms with Gasteiger partial charge in [0, 0.05) is 17.7 Å². The number of halogens is 1. The Hall–Kier alpha value is -1.09. The van der Waals surface area contributed by atoms with Gasteiger partial charge < -0.3 is 10.5 Å². The van der Waals surface area contributed by atoms with Crippen LogP contribution in [0.15, 0.2) is 18.2 Å². The predicted molar refractivity (Wildman–Crippen MR) is 75.6 cm³/mol. The molecule has 1 aliphatic rings. The van der Waals surface area contributed by atoms with E-state index in [2.05, 4.69) is 6.92 Å². The summed E-state index contributed by atoms with van der Waals surface area (Å²) in [6, 6.07) is 4.79. The fourth-order valence-electron chi connectivity index (χ4n) is 3.19. The Kier molecular flexibility index (Phi) is 4.81. The SMILES string of the molecule is CCC1CCCC(C(N)c2ccc(OC)cc2F)C1. The predicted octanol–water partition coefficient (Wildman–Crippen LogP) is 4.05. The van der Waals surface area contributed by atoms with Gasteiger partial charge in [0.1, 0.15) is 11.6 Å². The van der Waals surface area contributed by atoms with Crippen LogP contribution in [0.4, 0.5) is 4.39 Å². The van der Waals surface area contributed by atoms with E-state index in [1.165, 1.54) is 25.3 Å². The molecule has 1 saturated carbocycles. The lowest BCUT2D eigenvalue weighted by atomic mass is 9.75. The number of rotatable bonds is 4. The fraction of sp³-hybridized carbons (Fsp3) is 0.625. The first-order valence-corrected chi connectivity index (χ1v) is 7.24. The Balaban J connectivity index is 2.12. The Labute approximate surface area is 115 Å². The first kappa shape index (κ1) is 14.3. The second-order valence-corrected chi connectivity index (χ2v) is 5.61. The van der Waals surface area contributed by atoms with Crippen LogP contribution in [0.2, 0.25) is 0 Å². The van der Waals surface area contributed by atoms with E-state index in [9.17, 15) is 4.39 Å². The summed E-state index contributed by atoms with van der Waals surface area (Å²) in [6.45, 7) is 2.23. The Morgan fingerprint density at radius 2 is 2.21 bits per heavy atom. The van der Waals surface area contributed by atoms with Crippen LogP contribution in [0.5, 0.6) is 5.75 Å². The van der Waals surface area contributed by atoms with E-state index in [1.807, 2.05) is 0 Å². The number of benzene rings is 1. The average Bonchev–Trinajstić information content (AvgIpc) is 2.46. The summed E-state index contributed by atoms with van der Waals surface area (Å²) >= 11 is 0. The monoisotopic (exact) mass is 265 g/mol. The van der Waals surface area contributed by atoms with Gasteiger partial charge >= 0.3 is 0 Å². The highest BCUT2D eigenvalue weighted by Crippen LogP contribution is 2.38. The number of hydrogen-bond acceptors (Lipinski definition) is 2. The molecule has 1 aromatic carbocycles. The van der Waals surface area contributed by atoms with Gasteiger partial charge in [-0.3, -0.25) is 0 Å². The normalized spacial score (nSPS) is 25.1. The van der Waals surface area contributed by atoms with Gasteiger partial charge in [-0.25, -0.2) is 4.39 Å². The molecule has 106 valence electrons. The van der Waals surface area contributed by atoms with Gasteiger partial charge in [-0.1, -0.05) is 32.3 Å². The lowest BCUT2D eigenvalue weighted by Crippen LogP contribution is -2.27. The first-order chi connectivity index (χ1) is 9.15. The second kappa shape index (κ2) is 6.38. The molecule has 3 heteroatoms. The summed E-state index contributed by atoms with van der Waals surface area (Å²) in [5.74, 6) is 1.46. The minimum absolute atomic E-state index is 0.194. The topological polar surface area (TPSA) is 35.2 Å². The summed E-state index contributed by atoms with van der Waals surface area (Å²) in [5.41, 5.74) is 6.93. The van der Waals surface area contributed by atoms with Crippen molar-refractivity contribution >= 4 is 0 Å². The highest BCUT2D eigenvalue weighted by atomic mass is 19.1. The molecule has 0 bridgehead atoms. The maximum absolute atomic E-state index is 14.1. The third kappa shape index (κ3) is 3.27. The maximum atomic E-state index is 14.1. The van der Waals surface area contributed by atoms with Crippen molar-refractivity contribution in [2.45, 2.75) is 45.1 Å². The molecule has 2 rings (SSSR count). The number of nitrogens with two attached hydrogens (primary N) is 1. The zero-order valence-electron chi connectivity index (χ0n) is 11.9. The highest BCUT2D eigenvalue weighted by Gasteiger charge is 2.28. The summed E-state index contributed by atoms with van der Waals surface area (Å²) in [4.78, 5) is 0. The fourth-order valence-corrected chi connectivity index (χ4v) is 3.19. The summed E-state index contributed by atoms with van der Waals surface area (Å²) in [6.07, 6.45) is 5.96. The quantitative estimate of drug-likeness (QED) is 0.891. The van der Waals surface area contributed by atoms with E-state index in [-0.39, 0.29) is 11.9 Å². The maximum Gasteiger partial charge on any atom is 0.131 e. The Bertz CT molecular complexity index is 421. The second-order valence-electron chi connectivity index (χ2n) is 5.61. The van der Waals surface area contributed by atoms with Crippen molar-refractivity contribution in [3.63, 3.8) is 0 Å². The summed E-state index contributed by atoms with van der Waals surface area (Å²) < 4.78 is 19.1. The molecule has 1 fully saturated rings. The number of ether oxygens (including phenoxy) is 1. The average molecular weight is 265 g/mol. The van der Waals surface area contributed by atoms with Crippen molar-refractivity contribution in [1.29, 1.82) is 0 Å². The standard InChI is InChI=1S/C16H24FNO/c1-3-11-5-4-6-12(9-11)16(18)14-8-7-13(19-2)10-15(14)17/h7-8,10-12,16H,3-6,9,18H2,1-2H3. The van der Waals surface area contributed by atoms with Gasteiger partial charge in [0.25, 0.3) is 0 Å². The minimum atomic E-state index is -0.245. The molecule has 0 spiro atoms. The van der Waals surface area contributed by atoms with Crippen molar-refractivity contribution in [2.75, 3.05) is 7.11 Å². The summed E-state index contributed by atoms with van der Waals surface area (Å²) in [5, 5.41) is 0. The molecule has 3 atom stereocenters. The lowest BCUT2D eigenvalue weighted by Gasteiger charge is -2.32. The molecule has 2 N–H and O–H groups in total. The molecule has 0 radical (unpaired) electrons. The third-order valence-corrected chi connectivity index (χ3v) is 4.48. The molecule has 0 amide bonds. The zero-order chi connectivity index (χ0) is 13.8. The van der Waals surface area contributed by atoms with Crippen LogP contribution < -0.4 is 10.5 Å². The zero-order valence-corrected chi connectivity index (χ0v) is 11.9. The van der Waals surface area contributed by atoms with Crippen molar-refractivity contribution in [1.82, 2.24) is 0 Å². The number of hydrogen-bond donors (Lipinski definition) is 1. The highest BCUT2D eigenvalue weighted by molar-refractivity contribution is 5.31. The van der Waals surface area contributed by atoms with E-state index in [4.69, 9.17) is 10.5 Å². The molecule has 0 heterocycles. The molecule has 0 saturated heterocycles. The molecule has 3 unspecified atom stereocenters. The van der Waals surface area contributed by atoms with E-state index in [1.54, 1.807) is 19.2 Å². The van der Waals surface area contributed by atoms with Crippen molar-refractivity contribution < 1.29 is 9.13 Å². The van der Waals surface area contributed by atoms with E-state index in [0.717, 1.165) is 18.8 Å². The van der Waals surface area contributed by atoms with Crippen LogP contribution in [0.25, 0.3) is 0 Å². The number of methoxy groups -OCH3 is 1. The van der Waals surface area contributed by atoms with Crippen LogP contribution in [-0.4, -0.2) is 7.11 Å². The molecule has 1 aliphatic carbocycles. The first-order valence-electron chi connectivity index (χ1n) is 7.24. The van der Waals surface area contributed by atoms with Crippen LogP contribution in [0.3, 0.4) is 0 Å². The minimum Gasteiger partial charge on any atom is -0.497 e. The van der Waals surface area contributed by atoms with Gasteiger partial charge in [0.15, 0.2) is 0 Å². The van der Waals surface area contributed by atoms with Crippen LogP contribution in [0, 0.1) is 17.7 Å². The third-order valence-electron chi connectivity index (χ3n) is 4.48. The van der Waals surface area contributed by atoms with Crippen LogP contribution >= 0.6 is 0 Å². The largest absolute Gasteiger partial charge is 0.497 e. The Morgan fingerprint density at radius 1 is 1.42 bits per heavy atom. The molecular formula is C16H24FNO. The molecular weight excluding hydrogens is 241 g/mol. The molecule has 0 aromatic heterocycles. The summed E-state index contributed by atoms with van der Waals surface area (Å²) in [7, 11) is 1.54. The van der Waals surface area contributed by atoms with E-state index < -0.39 is 0 Å². The smallest absolute Gasteiger partial charge is 0.131 e. The van der Waals surface area contributed by atoms with Crippen molar-refractivity contribution in [3.05, 3.63) is 29.6 Å². The Morgan fingerprint density at radius 3 is 2.84 bits per heavy atom. The van der Waals surface area contributed by atoms with Crippen molar-refractivity contribution in [2.24, 2.45) is 17.6 Å². The van der Waals surface area contributed by atoms with Crippen LogP contribution in [0.1, 0.15) is 50.6 Å². The van der Waals surface area contributed by atoms with E-state index in [0.29, 0.717) is 17.2 Å². The van der Waals surface area contributed by atoms with Gasteiger partial charge in [-0.2, -0.15) is 0 Å². The van der Waals surface area contributed by atoms with Gasteiger partial charge in [0.05, 0.1) is 7.11 Å². The molecule has 19 heavy (non-hydrogen) atoms. The molecule has 0 aliphatic heterocycles. The lowest BCUT2D eigenvalue weighted by molar-refractivity contribution is 0.228. The molecule has 1 aromatic rings. The van der Waals surface area contributed by atoms with Gasteiger partial charge in [-0.15, -0.1) is 0 Å².